The normalized spacial score (nSPS) is 14.2. The first kappa shape index (κ1) is 16.4. The highest BCUT2D eigenvalue weighted by Crippen LogP contribution is 2.35. The lowest BCUT2D eigenvalue weighted by atomic mass is 10.1. The summed E-state index contributed by atoms with van der Waals surface area (Å²) < 4.78 is 11.5. The number of hydrogen-bond acceptors (Lipinski definition) is 3. The van der Waals surface area contributed by atoms with Crippen molar-refractivity contribution in [2.75, 3.05) is 0 Å². The van der Waals surface area contributed by atoms with Crippen molar-refractivity contribution in [1.29, 1.82) is 0 Å². The summed E-state index contributed by atoms with van der Waals surface area (Å²) in [6.45, 7) is 0.454. The summed E-state index contributed by atoms with van der Waals surface area (Å²) in [5, 5.41) is 0.569. The molecule has 26 heavy (non-hydrogen) atoms. The highest BCUT2D eigenvalue weighted by Gasteiger charge is 2.27. The van der Waals surface area contributed by atoms with Gasteiger partial charge in [-0.15, -0.1) is 0 Å². The quantitative estimate of drug-likeness (QED) is 0.572. The summed E-state index contributed by atoms with van der Waals surface area (Å²) >= 11 is 6.15. The molecule has 0 spiro atoms. The first-order chi connectivity index (χ1) is 12.7. The number of halogens is 1. The van der Waals surface area contributed by atoms with Crippen molar-refractivity contribution in [2.45, 2.75) is 6.61 Å². The lowest BCUT2D eigenvalue weighted by Crippen LogP contribution is -1.98. The van der Waals surface area contributed by atoms with Crippen molar-refractivity contribution < 1.29 is 14.3 Å². The van der Waals surface area contributed by atoms with Gasteiger partial charge in [0.05, 0.1) is 5.56 Å². The number of carbonyl (C=O) groups excluding carboxylic acids is 1. The summed E-state index contributed by atoms with van der Waals surface area (Å²) in [6.07, 6.45) is 1.66. The van der Waals surface area contributed by atoms with Gasteiger partial charge in [-0.1, -0.05) is 60.1 Å². The van der Waals surface area contributed by atoms with Crippen LogP contribution in [0.5, 0.6) is 11.5 Å². The molecule has 1 aliphatic rings. The van der Waals surface area contributed by atoms with E-state index < -0.39 is 0 Å². The van der Waals surface area contributed by atoms with Crippen LogP contribution in [-0.2, 0) is 6.61 Å². The number of ether oxygens (including phenoxy) is 2. The molecular weight excluding hydrogens is 348 g/mol. The molecule has 0 atom stereocenters. The highest BCUT2D eigenvalue weighted by molar-refractivity contribution is 6.32. The maximum atomic E-state index is 12.5. The molecule has 3 nitrogen and oxygen atoms in total. The van der Waals surface area contributed by atoms with Crippen LogP contribution in [-0.4, -0.2) is 5.78 Å². The Bertz CT molecular complexity index is 993. The van der Waals surface area contributed by atoms with Gasteiger partial charge < -0.3 is 9.47 Å². The minimum Gasteiger partial charge on any atom is -0.489 e. The zero-order chi connectivity index (χ0) is 17.9. The van der Waals surface area contributed by atoms with E-state index in [0.29, 0.717) is 28.7 Å². The summed E-state index contributed by atoms with van der Waals surface area (Å²) in [6, 6.07) is 22.5. The van der Waals surface area contributed by atoms with Crippen LogP contribution >= 0.6 is 11.6 Å². The van der Waals surface area contributed by atoms with E-state index >= 15 is 0 Å². The lowest BCUT2D eigenvalue weighted by Gasteiger charge is -2.07. The topological polar surface area (TPSA) is 35.5 Å². The van der Waals surface area contributed by atoms with Crippen LogP contribution in [0.15, 0.2) is 78.6 Å². The smallest absolute Gasteiger partial charge is 0.231 e. The summed E-state index contributed by atoms with van der Waals surface area (Å²) in [4.78, 5) is 12.5. The number of fused-ring (bicyclic) bond motifs is 1. The van der Waals surface area contributed by atoms with Gasteiger partial charge in [0.15, 0.2) is 5.76 Å². The van der Waals surface area contributed by atoms with Gasteiger partial charge in [0.2, 0.25) is 5.78 Å². The predicted molar refractivity (Wildman–Crippen MR) is 102 cm³/mol. The minimum atomic E-state index is -0.158. The molecule has 0 saturated carbocycles. The summed E-state index contributed by atoms with van der Waals surface area (Å²) in [7, 11) is 0. The molecular formula is C22H15ClO3. The predicted octanol–water partition coefficient (Wildman–Crippen LogP) is 5.54. The molecule has 4 rings (SSSR count). The van der Waals surface area contributed by atoms with E-state index in [1.807, 2.05) is 48.5 Å². The number of hydrogen-bond donors (Lipinski definition) is 0. The Kier molecular flexibility index (Phi) is 4.46. The Morgan fingerprint density at radius 1 is 0.962 bits per heavy atom. The van der Waals surface area contributed by atoms with E-state index in [9.17, 15) is 4.79 Å². The van der Waals surface area contributed by atoms with Crippen molar-refractivity contribution >= 4 is 23.5 Å². The molecule has 0 aliphatic carbocycles. The zero-order valence-corrected chi connectivity index (χ0v) is 14.6. The molecule has 0 unspecified atom stereocenters. The highest BCUT2D eigenvalue weighted by atomic mass is 35.5. The molecule has 3 aromatic carbocycles. The molecule has 0 amide bonds. The van der Waals surface area contributed by atoms with Crippen LogP contribution < -0.4 is 9.47 Å². The number of Topliss-reactive ketones (excluding diaryl/α,β-unsaturated/α-hetero) is 1. The van der Waals surface area contributed by atoms with E-state index in [1.165, 1.54) is 0 Å². The fraction of sp³-hybridized carbons (Fsp3) is 0.0455. The maximum absolute atomic E-state index is 12.5. The van der Waals surface area contributed by atoms with Gasteiger partial charge in [-0.25, -0.2) is 0 Å². The average Bonchev–Trinajstić information content (AvgIpc) is 2.98. The first-order valence-corrected chi connectivity index (χ1v) is 8.58. The van der Waals surface area contributed by atoms with E-state index in [1.54, 1.807) is 30.3 Å². The molecule has 0 N–H and O–H groups in total. The van der Waals surface area contributed by atoms with Gasteiger partial charge in [-0.3, -0.25) is 4.79 Å². The molecule has 4 heteroatoms. The molecule has 0 saturated heterocycles. The lowest BCUT2D eigenvalue weighted by molar-refractivity contribution is 0.101. The molecule has 3 aromatic rings. The Hall–Kier alpha value is -3.04. The third kappa shape index (κ3) is 3.35. The molecule has 128 valence electrons. The molecule has 0 fully saturated rings. The fourth-order valence-corrected chi connectivity index (χ4v) is 2.92. The second-order valence-corrected chi connectivity index (χ2v) is 6.30. The van der Waals surface area contributed by atoms with E-state index in [2.05, 4.69) is 0 Å². The van der Waals surface area contributed by atoms with Gasteiger partial charge in [-0.05, 0) is 35.4 Å². The second kappa shape index (κ2) is 7.06. The van der Waals surface area contributed by atoms with Crippen molar-refractivity contribution in [1.82, 2.24) is 0 Å². The van der Waals surface area contributed by atoms with Gasteiger partial charge in [-0.2, -0.15) is 0 Å². The molecule has 0 bridgehead atoms. The van der Waals surface area contributed by atoms with Gasteiger partial charge in [0.25, 0.3) is 0 Å². The number of allylic oxidation sites excluding steroid dienone is 1. The first-order valence-electron chi connectivity index (χ1n) is 8.20. The second-order valence-electron chi connectivity index (χ2n) is 5.89. The van der Waals surface area contributed by atoms with Crippen LogP contribution in [0.25, 0.3) is 6.08 Å². The Morgan fingerprint density at radius 3 is 2.54 bits per heavy atom. The van der Waals surface area contributed by atoms with Crippen LogP contribution in [0.3, 0.4) is 0 Å². The molecule has 0 aromatic heterocycles. The number of carbonyl (C=O) groups is 1. The third-order valence-electron chi connectivity index (χ3n) is 4.08. The SMILES string of the molecule is O=C1/C(=C/c2ccccc2Cl)Oc2cc(OCc3ccccc3)ccc21. The number of rotatable bonds is 4. The van der Waals surface area contributed by atoms with Crippen molar-refractivity contribution in [3.8, 4) is 11.5 Å². The van der Waals surface area contributed by atoms with E-state index in [0.717, 1.165) is 11.1 Å². The minimum absolute atomic E-state index is 0.158. The van der Waals surface area contributed by atoms with Crippen molar-refractivity contribution in [2.24, 2.45) is 0 Å². The number of ketones is 1. The van der Waals surface area contributed by atoms with Crippen LogP contribution in [0.1, 0.15) is 21.5 Å². The van der Waals surface area contributed by atoms with Crippen molar-refractivity contribution in [3.05, 3.63) is 100 Å². The standard InChI is InChI=1S/C22H15ClO3/c23-19-9-5-4-8-16(19)12-21-22(24)18-11-10-17(13-20(18)26-21)25-14-15-6-2-1-3-7-15/h1-13H,14H2/b21-12-. The van der Waals surface area contributed by atoms with Gasteiger partial charge in [0.1, 0.15) is 18.1 Å². The zero-order valence-electron chi connectivity index (χ0n) is 13.8. The fourth-order valence-electron chi connectivity index (χ4n) is 2.73. The van der Waals surface area contributed by atoms with Gasteiger partial charge >= 0.3 is 0 Å². The average molecular weight is 363 g/mol. The van der Waals surface area contributed by atoms with Gasteiger partial charge in [0, 0.05) is 11.1 Å². The Morgan fingerprint density at radius 2 is 1.73 bits per heavy atom. The monoisotopic (exact) mass is 362 g/mol. The Balaban J connectivity index is 1.54. The Labute approximate surface area is 156 Å². The summed E-state index contributed by atoms with van der Waals surface area (Å²) in [5.41, 5.74) is 2.34. The van der Waals surface area contributed by atoms with E-state index in [4.69, 9.17) is 21.1 Å². The maximum Gasteiger partial charge on any atom is 0.231 e. The van der Waals surface area contributed by atoms with E-state index in [-0.39, 0.29) is 11.5 Å². The largest absolute Gasteiger partial charge is 0.489 e. The van der Waals surface area contributed by atoms with Crippen LogP contribution in [0.2, 0.25) is 5.02 Å². The third-order valence-corrected chi connectivity index (χ3v) is 4.43. The molecule has 1 heterocycles. The number of benzene rings is 3. The summed E-state index contributed by atoms with van der Waals surface area (Å²) in [5.74, 6) is 1.25. The van der Waals surface area contributed by atoms with Crippen molar-refractivity contribution in [3.63, 3.8) is 0 Å². The molecule has 1 aliphatic heterocycles. The van der Waals surface area contributed by atoms with Crippen LogP contribution in [0.4, 0.5) is 0 Å². The molecule has 0 radical (unpaired) electrons. The van der Waals surface area contributed by atoms with Crippen LogP contribution in [0, 0.1) is 0 Å².